The van der Waals surface area contributed by atoms with Crippen LogP contribution in [-0.4, -0.2) is 78.1 Å². The molecule has 0 aliphatic heterocycles. The van der Waals surface area contributed by atoms with Gasteiger partial charge in [-0.25, -0.2) is 0 Å². The summed E-state index contributed by atoms with van der Waals surface area (Å²) in [6.07, 6.45) is -5.69. The number of rotatable bonds is 4. The summed E-state index contributed by atoms with van der Waals surface area (Å²) < 4.78 is 1.42. The third kappa shape index (κ3) is 2.82. The summed E-state index contributed by atoms with van der Waals surface area (Å²) in [5, 5.41) is 59.2. The van der Waals surface area contributed by atoms with Gasteiger partial charge in [-0.1, -0.05) is 5.21 Å². The smallest absolute Gasteiger partial charge is 0.111 e. The van der Waals surface area contributed by atoms with Crippen LogP contribution in [-0.2, 0) is 13.1 Å². The molecule has 4 atom stereocenters. The van der Waals surface area contributed by atoms with Crippen LogP contribution < -0.4 is 5.32 Å². The van der Waals surface area contributed by atoms with E-state index in [0.717, 1.165) is 0 Å². The maximum atomic E-state index is 9.91. The summed E-state index contributed by atoms with van der Waals surface area (Å²) in [5.41, 5.74) is 0.688. The lowest BCUT2D eigenvalue weighted by atomic mass is 9.78. The Hall–Kier alpha value is -1.10. The lowest BCUT2D eigenvalue weighted by Gasteiger charge is -2.41. The number of nitrogens with zero attached hydrogens (tertiary/aromatic N) is 3. The molecule has 20 heavy (non-hydrogen) atoms. The Kier molecular flexibility index (Phi) is 4.68. The highest BCUT2D eigenvalue weighted by atomic mass is 16.4. The lowest BCUT2D eigenvalue weighted by Crippen LogP contribution is -2.61. The molecule has 0 bridgehead atoms. The maximum absolute atomic E-state index is 9.91. The Morgan fingerprint density at radius 2 is 1.60 bits per heavy atom. The predicted molar refractivity (Wildman–Crippen MR) is 66.3 cm³/mol. The third-order valence-corrected chi connectivity index (χ3v) is 3.62. The van der Waals surface area contributed by atoms with E-state index < -0.39 is 36.4 Å². The standard InChI is InChI=1S/C11H20N4O5/c1-12-2-5-3-15(14-13-5)4-6-7(16)9(18)11(20)10(19)8(6)17/h3,6-12,16-20H,2,4H2,1H3/t6?,7-,8-,9+,10+,11?/m1/s1. The molecule has 6 N–H and O–H groups in total. The maximum Gasteiger partial charge on any atom is 0.111 e. The summed E-state index contributed by atoms with van der Waals surface area (Å²) in [5.74, 6) is -0.854. The first-order valence-corrected chi connectivity index (χ1v) is 6.39. The Labute approximate surface area is 115 Å². The number of aromatic nitrogens is 3. The normalized spacial score (nSPS) is 38.1. The van der Waals surface area contributed by atoms with Crippen molar-refractivity contribution in [3.63, 3.8) is 0 Å². The molecule has 114 valence electrons. The molecular weight excluding hydrogens is 268 g/mol. The fourth-order valence-electron chi connectivity index (χ4n) is 2.44. The molecule has 1 heterocycles. The Morgan fingerprint density at radius 1 is 1.05 bits per heavy atom. The zero-order chi connectivity index (χ0) is 14.9. The van der Waals surface area contributed by atoms with E-state index in [1.165, 1.54) is 4.68 Å². The van der Waals surface area contributed by atoms with E-state index in [1.54, 1.807) is 13.2 Å². The van der Waals surface area contributed by atoms with Crippen molar-refractivity contribution in [1.29, 1.82) is 0 Å². The Balaban J connectivity index is 2.09. The second-order valence-electron chi connectivity index (χ2n) is 5.08. The second kappa shape index (κ2) is 6.12. The number of aliphatic hydroxyl groups excluding tert-OH is 5. The van der Waals surface area contributed by atoms with Crippen molar-refractivity contribution in [2.45, 2.75) is 43.6 Å². The summed E-state index contributed by atoms with van der Waals surface area (Å²) in [6, 6.07) is 0. The van der Waals surface area contributed by atoms with Gasteiger partial charge in [-0.2, -0.15) is 0 Å². The number of hydrogen-bond acceptors (Lipinski definition) is 8. The van der Waals surface area contributed by atoms with Gasteiger partial charge in [0.25, 0.3) is 0 Å². The molecule has 0 radical (unpaired) electrons. The van der Waals surface area contributed by atoms with Crippen molar-refractivity contribution < 1.29 is 25.5 Å². The van der Waals surface area contributed by atoms with E-state index in [9.17, 15) is 25.5 Å². The minimum atomic E-state index is -1.58. The highest BCUT2D eigenvalue weighted by Gasteiger charge is 2.48. The van der Waals surface area contributed by atoms with Crippen molar-refractivity contribution >= 4 is 0 Å². The molecule has 1 aromatic rings. The third-order valence-electron chi connectivity index (χ3n) is 3.62. The largest absolute Gasteiger partial charge is 0.390 e. The average Bonchev–Trinajstić information content (AvgIpc) is 2.87. The molecule has 1 aromatic heterocycles. The van der Waals surface area contributed by atoms with Gasteiger partial charge < -0.3 is 30.8 Å². The predicted octanol–water partition coefficient (Wildman–Crippen LogP) is -3.57. The molecule has 2 rings (SSSR count). The molecule has 9 heteroatoms. The van der Waals surface area contributed by atoms with Gasteiger partial charge in [-0.15, -0.1) is 5.10 Å². The van der Waals surface area contributed by atoms with E-state index in [2.05, 4.69) is 15.6 Å². The number of aliphatic hydroxyl groups is 5. The molecule has 0 unspecified atom stereocenters. The summed E-state index contributed by atoms with van der Waals surface area (Å²) >= 11 is 0. The van der Waals surface area contributed by atoms with Crippen LogP contribution in [0.5, 0.6) is 0 Å². The summed E-state index contributed by atoms with van der Waals surface area (Å²) in [4.78, 5) is 0. The molecule has 0 amide bonds. The molecule has 9 nitrogen and oxygen atoms in total. The van der Waals surface area contributed by atoms with Crippen molar-refractivity contribution in [2.24, 2.45) is 5.92 Å². The van der Waals surface area contributed by atoms with Crippen LogP contribution in [0.25, 0.3) is 0 Å². The average molecular weight is 288 g/mol. The molecule has 0 aromatic carbocycles. The molecule has 0 saturated heterocycles. The molecule has 1 saturated carbocycles. The minimum absolute atomic E-state index is 0.0693. The van der Waals surface area contributed by atoms with Crippen LogP contribution in [0.2, 0.25) is 0 Å². The van der Waals surface area contributed by atoms with Gasteiger partial charge in [0.1, 0.15) is 18.3 Å². The van der Waals surface area contributed by atoms with Gasteiger partial charge in [0.05, 0.1) is 24.4 Å². The van der Waals surface area contributed by atoms with Crippen molar-refractivity contribution in [3.8, 4) is 0 Å². The van der Waals surface area contributed by atoms with Gasteiger partial charge >= 0.3 is 0 Å². The SMILES string of the molecule is CNCc1cn(CC2[C@@H](O)[C@H](O)C(O)[C@@H](O)[C@@H]2O)nn1. The Morgan fingerprint density at radius 3 is 2.15 bits per heavy atom. The van der Waals surface area contributed by atoms with Crippen LogP contribution in [0.15, 0.2) is 6.20 Å². The van der Waals surface area contributed by atoms with Crippen LogP contribution >= 0.6 is 0 Å². The van der Waals surface area contributed by atoms with Crippen molar-refractivity contribution in [2.75, 3.05) is 7.05 Å². The molecule has 1 aliphatic rings. The summed E-state index contributed by atoms with van der Waals surface area (Å²) in [7, 11) is 1.77. The van der Waals surface area contributed by atoms with Crippen LogP contribution in [0.3, 0.4) is 0 Å². The Bertz CT molecular complexity index is 426. The molecule has 0 spiro atoms. The zero-order valence-electron chi connectivity index (χ0n) is 11.0. The zero-order valence-corrected chi connectivity index (χ0v) is 11.0. The fourth-order valence-corrected chi connectivity index (χ4v) is 2.44. The minimum Gasteiger partial charge on any atom is -0.390 e. The van der Waals surface area contributed by atoms with E-state index in [1.807, 2.05) is 0 Å². The van der Waals surface area contributed by atoms with Gasteiger partial charge in [0, 0.05) is 18.7 Å². The van der Waals surface area contributed by atoms with E-state index in [-0.39, 0.29) is 6.54 Å². The van der Waals surface area contributed by atoms with Crippen molar-refractivity contribution in [1.82, 2.24) is 20.3 Å². The molecule has 1 fully saturated rings. The first-order valence-electron chi connectivity index (χ1n) is 6.39. The van der Waals surface area contributed by atoms with Crippen molar-refractivity contribution in [3.05, 3.63) is 11.9 Å². The quantitative estimate of drug-likeness (QED) is 0.334. The molecular formula is C11H20N4O5. The number of nitrogens with one attached hydrogen (secondary N) is 1. The van der Waals surface area contributed by atoms with E-state index >= 15 is 0 Å². The number of hydrogen-bond donors (Lipinski definition) is 6. The monoisotopic (exact) mass is 288 g/mol. The first kappa shape index (κ1) is 15.3. The van der Waals surface area contributed by atoms with Crippen LogP contribution in [0.1, 0.15) is 5.69 Å². The van der Waals surface area contributed by atoms with Gasteiger partial charge in [-0.05, 0) is 7.05 Å². The van der Waals surface area contributed by atoms with Gasteiger partial charge in [0.15, 0.2) is 0 Å². The van der Waals surface area contributed by atoms with Gasteiger partial charge in [0.2, 0.25) is 0 Å². The highest BCUT2D eigenvalue weighted by molar-refractivity contribution is 4.99. The first-order chi connectivity index (χ1) is 9.45. The lowest BCUT2D eigenvalue weighted by molar-refractivity contribution is -0.206. The second-order valence-corrected chi connectivity index (χ2v) is 5.08. The van der Waals surface area contributed by atoms with Gasteiger partial charge in [-0.3, -0.25) is 4.68 Å². The van der Waals surface area contributed by atoms with Crippen LogP contribution in [0, 0.1) is 5.92 Å². The molecule has 1 aliphatic carbocycles. The summed E-state index contributed by atoms with van der Waals surface area (Å²) in [6.45, 7) is 0.597. The van der Waals surface area contributed by atoms with Crippen LogP contribution in [0.4, 0.5) is 0 Å². The topological polar surface area (TPSA) is 144 Å². The van der Waals surface area contributed by atoms with E-state index in [0.29, 0.717) is 12.2 Å². The van der Waals surface area contributed by atoms with E-state index in [4.69, 9.17) is 0 Å². The fraction of sp³-hybridized carbons (Fsp3) is 0.818. The highest BCUT2D eigenvalue weighted by Crippen LogP contribution is 2.27.